The van der Waals surface area contributed by atoms with Gasteiger partial charge in [0.25, 0.3) is 5.91 Å². The average molecular weight is 530 g/mol. The second-order valence-electron chi connectivity index (χ2n) is 7.66. The average Bonchev–Trinajstić information content (AvgIpc) is 3.40. The number of benzene rings is 2. The fourth-order valence-corrected chi connectivity index (χ4v) is 5.55. The lowest BCUT2D eigenvalue weighted by Crippen LogP contribution is -2.14. The van der Waals surface area contributed by atoms with E-state index in [1.807, 2.05) is 6.92 Å². The molecule has 35 heavy (non-hydrogen) atoms. The standard InChI is InChI=1S/C23H17F6N3OS2/c1-2-7-34-21-31-20(33)19(35-21)16(12-4-6-18-14(8-12)11-30-32-18)9-13-3-5-15(22(24,25)26)10-17(13)23(27,28)29/h3-6,8,10-11H,2,7,9H2,1H3,(H,30,32). The van der Waals surface area contributed by atoms with Gasteiger partial charge >= 0.3 is 12.4 Å². The van der Waals surface area contributed by atoms with Crippen LogP contribution >= 0.6 is 23.5 Å². The van der Waals surface area contributed by atoms with Crippen LogP contribution in [0.15, 0.2) is 52.5 Å². The van der Waals surface area contributed by atoms with E-state index in [0.717, 1.165) is 24.2 Å². The van der Waals surface area contributed by atoms with Crippen LogP contribution in [0.25, 0.3) is 16.5 Å². The number of nitrogens with one attached hydrogen (secondary N) is 1. The Morgan fingerprint density at radius 3 is 2.51 bits per heavy atom. The van der Waals surface area contributed by atoms with Gasteiger partial charge in [0.1, 0.15) is 4.38 Å². The molecule has 3 aromatic rings. The third kappa shape index (κ3) is 5.58. The highest BCUT2D eigenvalue weighted by Crippen LogP contribution is 2.42. The molecular formula is C23H17F6N3OS2. The summed E-state index contributed by atoms with van der Waals surface area (Å²) in [6.45, 7) is 1.96. The van der Waals surface area contributed by atoms with Gasteiger partial charge in [-0.25, -0.2) is 0 Å². The third-order valence-electron chi connectivity index (χ3n) is 5.18. The number of alkyl halides is 6. The minimum Gasteiger partial charge on any atom is -0.278 e. The van der Waals surface area contributed by atoms with Crippen LogP contribution in [-0.2, 0) is 23.6 Å². The highest BCUT2D eigenvalue weighted by atomic mass is 32.2. The summed E-state index contributed by atoms with van der Waals surface area (Å²) in [6, 6.07) is 6.52. The first kappa shape index (κ1) is 25.4. The van der Waals surface area contributed by atoms with Crippen LogP contribution in [0.3, 0.4) is 0 Å². The van der Waals surface area contributed by atoms with E-state index < -0.39 is 35.8 Å². The fraction of sp³-hybridized carbons (Fsp3) is 0.261. The molecule has 1 aliphatic rings. The first-order valence-electron chi connectivity index (χ1n) is 10.3. The van der Waals surface area contributed by atoms with Crippen LogP contribution in [0.1, 0.15) is 35.6 Å². The van der Waals surface area contributed by atoms with E-state index >= 15 is 0 Å². The Kier molecular flexibility index (Phi) is 7.05. The van der Waals surface area contributed by atoms with Crippen molar-refractivity contribution < 1.29 is 31.1 Å². The van der Waals surface area contributed by atoms with Crippen molar-refractivity contribution in [3.05, 3.63) is 69.8 Å². The summed E-state index contributed by atoms with van der Waals surface area (Å²) in [6.07, 6.45) is -7.99. The second kappa shape index (κ2) is 9.73. The Balaban J connectivity index is 1.84. The number of allylic oxidation sites excluding steroid dienone is 1. The Labute approximate surface area is 204 Å². The normalized spacial score (nSPS) is 16.2. The van der Waals surface area contributed by atoms with Gasteiger partial charge in [-0.05, 0) is 59.6 Å². The molecule has 1 N–H and O–H groups in total. The SMILES string of the molecule is CCCSC1=NC(=O)C(=C(Cc2ccc(C(F)(F)F)cc2C(F)(F)F)c2ccc3[nH]ncc3c2)S1. The molecule has 2 aromatic carbocycles. The van der Waals surface area contributed by atoms with Crippen molar-refractivity contribution in [3.8, 4) is 0 Å². The highest BCUT2D eigenvalue weighted by Gasteiger charge is 2.38. The Morgan fingerprint density at radius 1 is 1.06 bits per heavy atom. The minimum atomic E-state index is -5.02. The fourth-order valence-electron chi connectivity index (χ4n) is 3.53. The van der Waals surface area contributed by atoms with E-state index in [2.05, 4.69) is 15.2 Å². The number of nitrogens with zero attached hydrogens (tertiary/aromatic N) is 2. The number of halogens is 6. The van der Waals surface area contributed by atoms with E-state index in [4.69, 9.17) is 0 Å². The summed E-state index contributed by atoms with van der Waals surface area (Å²) < 4.78 is 81.2. The molecule has 0 fully saturated rings. The van der Waals surface area contributed by atoms with Crippen LogP contribution in [0.5, 0.6) is 0 Å². The first-order valence-corrected chi connectivity index (χ1v) is 12.1. The van der Waals surface area contributed by atoms with Crippen molar-refractivity contribution in [2.75, 3.05) is 5.75 Å². The zero-order valence-electron chi connectivity index (χ0n) is 18.0. The van der Waals surface area contributed by atoms with Crippen molar-refractivity contribution >= 4 is 50.3 Å². The quantitative estimate of drug-likeness (QED) is 0.278. The third-order valence-corrected chi connectivity index (χ3v) is 7.62. The lowest BCUT2D eigenvalue weighted by molar-refractivity contribution is -0.143. The van der Waals surface area contributed by atoms with Gasteiger partial charge in [-0.3, -0.25) is 9.89 Å². The Bertz CT molecular complexity index is 1340. The maximum absolute atomic E-state index is 13.8. The number of amides is 1. The van der Waals surface area contributed by atoms with Gasteiger partial charge in [-0.2, -0.15) is 36.4 Å². The number of hydrogen-bond donors (Lipinski definition) is 1. The molecule has 0 atom stereocenters. The molecule has 2 heterocycles. The monoisotopic (exact) mass is 529 g/mol. The minimum absolute atomic E-state index is 0.111. The van der Waals surface area contributed by atoms with Crippen LogP contribution in [0, 0.1) is 0 Å². The molecule has 1 aliphatic heterocycles. The zero-order valence-corrected chi connectivity index (χ0v) is 19.7. The lowest BCUT2D eigenvalue weighted by atomic mass is 9.92. The molecule has 0 radical (unpaired) electrons. The number of carbonyl (C=O) groups is 1. The van der Waals surface area contributed by atoms with Crippen molar-refractivity contribution in [2.45, 2.75) is 32.1 Å². The summed E-state index contributed by atoms with van der Waals surface area (Å²) in [5.74, 6) is 0.121. The van der Waals surface area contributed by atoms with Crippen LogP contribution in [0.2, 0.25) is 0 Å². The molecule has 184 valence electrons. The first-order chi connectivity index (χ1) is 16.5. The van der Waals surface area contributed by atoms with E-state index in [9.17, 15) is 31.1 Å². The van der Waals surface area contributed by atoms with Gasteiger partial charge < -0.3 is 0 Å². The number of rotatable bonds is 5. The second-order valence-corrected chi connectivity index (χ2v) is 10.00. The maximum Gasteiger partial charge on any atom is 0.416 e. The summed E-state index contributed by atoms with van der Waals surface area (Å²) in [5.41, 5.74) is -1.76. The number of fused-ring (bicyclic) bond motifs is 1. The number of aliphatic imine (C=N–C) groups is 1. The van der Waals surface area contributed by atoms with Crippen LogP contribution in [0.4, 0.5) is 26.3 Å². The van der Waals surface area contributed by atoms with Gasteiger partial charge in [-0.1, -0.05) is 42.6 Å². The van der Waals surface area contributed by atoms with Gasteiger partial charge in [0.2, 0.25) is 0 Å². The molecular weight excluding hydrogens is 512 g/mol. The van der Waals surface area contributed by atoms with Gasteiger partial charge in [-0.15, -0.1) is 0 Å². The molecule has 0 spiro atoms. The van der Waals surface area contributed by atoms with Crippen molar-refractivity contribution in [1.29, 1.82) is 0 Å². The molecule has 4 rings (SSSR count). The summed E-state index contributed by atoms with van der Waals surface area (Å²) in [7, 11) is 0. The van der Waals surface area contributed by atoms with E-state index in [0.29, 0.717) is 32.7 Å². The summed E-state index contributed by atoms with van der Waals surface area (Å²) in [4.78, 5) is 16.9. The van der Waals surface area contributed by atoms with Crippen molar-refractivity contribution in [2.24, 2.45) is 4.99 Å². The highest BCUT2D eigenvalue weighted by molar-refractivity contribution is 8.41. The topological polar surface area (TPSA) is 58.1 Å². The number of H-pyrrole nitrogens is 1. The van der Waals surface area contributed by atoms with Gasteiger partial charge in [0, 0.05) is 5.39 Å². The number of hydrogen-bond acceptors (Lipinski definition) is 4. The van der Waals surface area contributed by atoms with Crippen molar-refractivity contribution in [1.82, 2.24) is 10.2 Å². The molecule has 1 aromatic heterocycles. The Morgan fingerprint density at radius 2 is 1.83 bits per heavy atom. The molecule has 12 heteroatoms. The molecule has 4 nitrogen and oxygen atoms in total. The lowest BCUT2D eigenvalue weighted by Gasteiger charge is -2.18. The molecule has 0 unspecified atom stereocenters. The van der Waals surface area contributed by atoms with E-state index in [1.54, 1.807) is 18.2 Å². The predicted octanol–water partition coefficient (Wildman–Crippen LogP) is 7.33. The predicted molar refractivity (Wildman–Crippen MR) is 126 cm³/mol. The van der Waals surface area contributed by atoms with E-state index in [1.165, 1.54) is 18.0 Å². The number of aromatic nitrogens is 2. The van der Waals surface area contributed by atoms with Gasteiger partial charge in [0.05, 0.1) is 27.7 Å². The van der Waals surface area contributed by atoms with Gasteiger partial charge in [0.15, 0.2) is 0 Å². The largest absolute Gasteiger partial charge is 0.416 e. The number of carbonyl (C=O) groups excluding carboxylic acids is 1. The molecule has 0 saturated heterocycles. The number of thioether (sulfide) groups is 2. The summed E-state index contributed by atoms with van der Waals surface area (Å²) in [5, 5.41) is 7.37. The van der Waals surface area contributed by atoms with Crippen LogP contribution < -0.4 is 0 Å². The molecule has 0 saturated carbocycles. The Hall–Kier alpha value is -2.73. The van der Waals surface area contributed by atoms with Crippen molar-refractivity contribution in [3.63, 3.8) is 0 Å². The smallest absolute Gasteiger partial charge is 0.278 e. The zero-order chi connectivity index (χ0) is 25.4. The molecule has 0 bridgehead atoms. The number of aromatic amines is 1. The molecule has 0 aliphatic carbocycles. The maximum atomic E-state index is 13.8. The molecule has 1 amide bonds. The van der Waals surface area contributed by atoms with E-state index in [-0.39, 0.29) is 22.1 Å². The van der Waals surface area contributed by atoms with Crippen LogP contribution in [-0.4, -0.2) is 26.2 Å². The summed E-state index contributed by atoms with van der Waals surface area (Å²) >= 11 is 2.43.